The van der Waals surface area contributed by atoms with Crippen molar-refractivity contribution in [3.05, 3.63) is 51.2 Å². The number of benzene rings is 1. The summed E-state index contributed by atoms with van der Waals surface area (Å²) in [5, 5.41) is 0. The van der Waals surface area contributed by atoms with Gasteiger partial charge in [-0.3, -0.25) is 19.1 Å². The summed E-state index contributed by atoms with van der Waals surface area (Å²) in [5.41, 5.74) is 4.88. The van der Waals surface area contributed by atoms with E-state index in [4.69, 9.17) is 10.5 Å². The summed E-state index contributed by atoms with van der Waals surface area (Å²) in [4.78, 5) is 41.3. The number of nitrogens with two attached hydrogens (primary N) is 1. The topological polar surface area (TPSA) is 110 Å². The molecule has 0 aliphatic heterocycles. The number of carbonyl (C=O) groups excluding carboxylic acids is 1. The van der Waals surface area contributed by atoms with Gasteiger partial charge >= 0.3 is 5.69 Å². The van der Waals surface area contributed by atoms with Crippen LogP contribution < -0.4 is 26.6 Å². The summed E-state index contributed by atoms with van der Waals surface area (Å²) in [6, 6.07) is 8.98. The molecule has 0 aliphatic rings. The van der Waals surface area contributed by atoms with E-state index in [9.17, 15) is 14.4 Å². The molecular weight excluding hydrogens is 360 g/mol. The first-order valence-electron chi connectivity index (χ1n) is 9.56. The molecule has 0 aliphatic carbocycles. The van der Waals surface area contributed by atoms with Crippen LogP contribution in [-0.2, 0) is 11.3 Å². The summed E-state index contributed by atoms with van der Waals surface area (Å²) in [7, 11) is 0. The van der Waals surface area contributed by atoms with Crippen LogP contribution in [0.5, 0.6) is 5.75 Å². The number of rotatable bonds is 9. The molecule has 28 heavy (non-hydrogen) atoms. The van der Waals surface area contributed by atoms with Gasteiger partial charge in [0.05, 0.1) is 0 Å². The van der Waals surface area contributed by atoms with Crippen LogP contribution in [0.1, 0.15) is 40.0 Å². The highest BCUT2D eigenvalue weighted by molar-refractivity contribution is 5.98. The van der Waals surface area contributed by atoms with Crippen LogP contribution in [0.15, 0.2) is 39.9 Å². The molecule has 8 heteroatoms. The summed E-state index contributed by atoms with van der Waals surface area (Å²) >= 11 is 0. The monoisotopic (exact) mass is 388 g/mol. The molecule has 0 spiro atoms. The van der Waals surface area contributed by atoms with Gasteiger partial charge in [0, 0.05) is 13.1 Å². The molecule has 3 N–H and O–H groups in total. The number of hydrogen-bond donors (Lipinski definition) is 2. The molecule has 2 aromatic rings. The second-order valence-electron chi connectivity index (χ2n) is 6.56. The van der Waals surface area contributed by atoms with E-state index in [1.54, 1.807) is 19.1 Å². The number of amides is 1. The molecule has 1 unspecified atom stereocenters. The average Bonchev–Trinajstić information content (AvgIpc) is 2.67. The van der Waals surface area contributed by atoms with Gasteiger partial charge in [-0.25, -0.2) is 4.79 Å². The Morgan fingerprint density at radius 3 is 2.50 bits per heavy atom. The second-order valence-corrected chi connectivity index (χ2v) is 6.56. The first-order chi connectivity index (χ1) is 13.4. The Hall–Kier alpha value is -3.03. The third kappa shape index (κ3) is 4.82. The quantitative estimate of drug-likeness (QED) is 0.684. The maximum Gasteiger partial charge on any atom is 0.330 e. The van der Waals surface area contributed by atoms with Crippen molar-refractivity contribution < 1.29 is 9.53 Å². The zero-order valence-electron chi connectivity index (χ0n) is 16.6. The van der Waals surface area contributed by atoms with E-state index in [-0.39, 0.29) is 11.5 Å². The number of anilines is 2. The maximum atomic E-state index is 13.1. The van der Waals surface area contributed by atoms with Crippen molar-refractivity contribution >= 4 is 17.4 Å². The molecule has 8 nitrogen and oxygen atoms in total. The average molecular weight is 388 g/mol. The van der Waals surface area contributed by atoms with Crippen molar-refractivity contribution in [3.8, 4) is 5.75 Å². The smallest absolute Gasteiger partial charge is 0.330 e. The Bertz CT molecular complexity index is 905. The second kappa shape index (κ2) is 9.77. The number of para-hydroxylation sites is 1. The largest absolute Gasteiger partial charge is 0.481 e. The highest BCUT2D eigenvalue weighted by Crippen LogP contribution is 2.20. The fourth-order valence-corrected chi connectivity index (χ4v) is 2.91. The molecule has 1 heterocycles. The highest BCUT2D eigenvalue weighted by atomic mass is 16.5. The normalized spacial score (nSPS) is 11.8. The van der Waals surface area contributed by atoms with Gasteiger partial charge < -0.3 is 15.4 Å². The molecular formula is C20H28N4O4. The van der Waals surface area contributed by atoms with Crippen molar-refractivity contribution in [3.63, 3.8) is 0 Å². The lowest BCUT2D eigenvalue weighted by molar-refractivity contribution is -0.124. The summed E-state index contributed by atoms with van der Waals surface area (Å²) in [6.07, 6.45) is 1.33. The molecule has 0 fully saturated rings. The van der Waals surface area contributed by atoms with Gasteiger partial charge in [0.25, 0.3) is 11.5 Å². The van der Waals surface area contributed by atoms with Crippen LogP contribution >= 0.6 is 0 Å². The number of nitrogens with zero attached hydrogens (tertiary/aromatic N) is 2. The first kappa shape index (κ1) is 21.3. The number of aromatic nitrogens is 2. The minimum Gasteiger partial charge on any atom is -0.481 e. The molecule has 0 saturated heterocycles. The van der Waals surface area contributed by atoms with Crippen molar-refractivity contribution in [2.45, 2.75) is 52.7 Å². The number of H-pyrrole nitrogens is 1. The van der Waals surface area contributed by atoms with Gasteiger partial charge in [-0.1, -0.05) is 38.5 Å². The van der Waals surface area contributed by atoms with E-state index in [0.29, 0.717) is 31.7 Å². The van der Waals surface area contributed by atoms with Gasteiger partial charge in [-0.2, -0.15) is 0 Å². The molecule has 2 rings (SSSR count). The van der Waals surface area contributed by atoms with Crippen LogP contribution in [0.25, 0.3) is 0 Å². The van der Waals surface area contributed by atoms with Gasteiger partial charge in [0.1, 0.15) is 11.6 Å². The van der Waals surface area contributed by atoms with E-state index in [1.165, 1.54) is 9.47 Å². The molecule has 1 amide bonds. The summed E-state index contributed by atoms with van der Waals surface area (Å²) in [6.45, 7) is 6.15. The van der Waals surface area contributed by atoms with Crippen molar-refractivity contribution in [2.75, 3.05) is 17.2 Å². The van der Waals surface area contributed by atoms with Gasteiger partial charge in [-0.05, 0) is 31.9 Å². The highest BCUT2D eigenvalue weighted by Gasteiger charge is 2.28. The zero-order valence-corrected chi connectivity index (χ0v) is 16.6. The van der Waals surface area contributed by atoms with E-state index in [0.717, 1.165) is 6.42 Å². The number of nitrogens with one attached hydrogen (secondary N) is 1. The Labute approximate surface area is 163 Å². The van der Waals surface area contributed by atoms with Gasteiger partial charge in [0.15, 0.2) is 11.8 Å². The van der Waals surface area contributed by atoms with E-state index in [1.807, 2.05) is 32.0 Å². The Morgan fingerprint density at radius 1 is 1.21 bits per heavy atom. The van der Waals surface area contributed by atoms with Crippen LogP contribution in [0.2, 0.25) is 0 Å². The molecule has 152 valence electrons. The van der Waals surface area contributed by atoms with Crippen LogP contribution in [0, 0.1) is 0 Å². The Kier molecular flexibility index (Phi) is 7.43. The Morgan fingerprint density at radius 2 is 1.89 bits per heavy atom. The van der Waals surface area contributed by atoms with Gasteiger partial charge in [-0.15, -0.1) is 0 Å². The number of ether oxygens (including phenoxy) is 1. The predicted molar refractivity (Wildman–Crippen MR) is 110 cm³/mol. The maximum absolute atomic E-state index is 13.1. The van der Waals surface area contributed by atoms with Crippen molar-refractivity contribution in [1.29, 1.82) is 0 Å². The van der Waals surface area contributed by atoms with E-state index in [2.05, 4.69) is 4.98 Å². The van der Waals surface area contributed by atoms with Crippen molar-refractivity contribution in [1.82, 2.24) is 9.55 Å². The third-order valence-electron chi connectivity index (χ3n) is 4.34. The molecule has 1 aromatic heterocycles. The molecule has 0 saturated carbocycles. The predicted octanol–water partition coefficient (Wildman–Crippen LogP) is 2.13. The van der Waals surface area contributed by atoms with Gasteiger partial charge in [0.2, 0.25) is 0 Å². The molecule has 0 bridgehead atoms. The molecule has 0 radical (unpaired) electrons. The lowest BCUT2D eigenvalue weighted by Gasteiger charge is -2.27. The molecule has 1 atom stereocenters. The van der Waals surface area contributed by atoms with Crippen LogP contribution in [0.3, 0.4) is 0 Å². The minimum atomic E-state index is -0.829. The number of unbranched alkanes of at least 4 members (excludes halogenated alkanes) is 1. The fourth-order valence-electron chi connectivity index (χ4n) is 2.91. The standard InChI is InChI=1S/C20H28N4O4/c1-4-6-13-23(19(26)14(3)28-15-10-8-7-9-11-15)16-17(21)24(12-5-2)20(27)22-18(16)25/h7-11,14H,4-6,12-13,21H2,1-3H3,(H,22,25,27). The van der Waals surface area contributed by atoms with E-state index < -0.39 is 23.3 Å². The van der Waals surface area contributed by atoms with E-state index >= 15 is 0 Å². The number of nitrogen functional groups attached to an aromatic ring is 1. The van der Waals surface area contributed by atoms with Crippen molar-refractivity contribution in [2.24, 2.45) is 0 Å². The fraction of sp³-hybridized carbons (Fsp3) is 0.450. The SMILES string of the molecule is CCCCN(C(=O)C(C)Oc1ccccc1)c1c(N)n(CCC)c(=O)[nH]c1=O. The number of aromatic amines is 1. The lowest BCUT2D eigenvalue weighted by atomic mass is 10.2. The lowest BCUT2D eigenvalue weighted by Crippen LogP contribution is -2.46. The number of hydrogen-bond acceptors (Lipinski definition) is 5. The summed E-state index contributed by atoms with van der Waals surface area (Å²) < 4.78 is 7.01. The Balaban J connectivity index is 2.43. The van der Waals surface area contributed by atoms with Crippen LogP contribution in [-0.4, -0.2) is 28.1 Å². The summed E-state index contributed by atoms with van der Waals surface area (Å²) in [5.74, 6) is 0.153. The number of carbonyl (C=O) groups is 1. The first-order valence-corrected chi connectivity index (χ1v) is 9.56. The third-order valence-corrected chi connectivity index (χ3v) is 4.34. The van der Waals surface area contributed by atoms with Crippen LogP contribution in [0.4, 0.5) is 11.5 Å². The minimum absolute atomic E-state index is 0.00462. The molecule has 1 aromatic carbocycles. The zero-order chi connectivity index (χ0) is 20.7.